The molecule has 4 nitrogen and oxygen atoms in total. The highest BCUT2D eigenvalue weighted by Crippen LogP contribution is 2.28. The van der Waals surface area contributed by atoms with E-state index in [1.54, 1.807) is 7.05 Å². The fourth-order valence-corrected chi connectivity index (χ4v) is 1.79. The van der Waals surface area contributed by atoms with Crippen molar-refractivity contribution in [3.63, 3.8) is 0 Å². The fourth-order valence-electron chi connectivity index (χ4n) is 1.79. The number of nitrogens with zero attached hydrogens (tertiary/aromatic N) is 1. The normalized spacial score (nSPS) is 25.5. The highest BCUT2D eigenvalue weighted by atomic mass is 16.6. The SMILES string of the molecule is C[C@H]1[C@H](c2ccccc2)OC(=O)C(=O)N1C. The lowest BCUT2D eigenvalue weighted by Crippen LogP contribution is -2.49. The summed E-state index contributed by atoms with van der Waals surface area (Å²) in [6, 6.07) is 9.29. The first-order valence-electron chi connectivity index (χ1n) is 5.14. The van der Waals surface area contributed by atoms with Gasteiger partial charge in [-0.15, -0.1) is 0 Å². The summed E-state index contributed by atoms with van der Waals surface area (Å²) in [5.74, 6) is -1.37. The number of ether oxygens (including phenoxy) is 1. The van der Waals surface area contributed by atoms with Crippen molar-refractivity contribution in [2.45, 2.75) is 19.1 Å². The number of carbonyl (C=O) groups excluding carboxylic acids is 2. The molecule has 0 saturated carbocycles. The Morgan fingerprint density at radius 3 is 2.44 bits per heavy atom. The van der Waals surface area contributed by atoms with Crippen LogP contribution in [-0.4, -0.2) is 29.9 Å². The zero-order valence-corrected chi connectivity index (χ0v) is 9.21. The van der Waals surface area contributed by atoms with Gasteiger partial charge in [-0.3, -0.25) is 4.79 Å². The molecule has 4 heteroatoms. The lowest BCUT2D eigenvalue weighted by atomic mass is 10.0. The molecule has 1 saturated heterocycles. The summed E-state index contributed by atoms with van der Waals surface area (Å²) in [4.78, 5) is 24.1. The molecule has 1 aliphatic rings. The molecule has 2 rings (SSSR count). The van der Waals surface area contributed by atoms with E-state index in [4.69, 9.17) is 4.74 Å². The van der Waals surface area contributed by atoms with Crippen LogP contribution in [0.5, 0.6) is 0 Å². The number of morpholine rings is 1. The second-order valence-corrected chi connectivity index (χ2v) is 3.89. The predicted octanol–water partition coefficient (Wildman–Crippen LogP) is 1.13. The molecule has 1 amide bonds. The lowest BCUT2D eigenvalue weighted by molar-refractivity contribution is -0.176. The van der Waals surface area contributed by atoms with Gasteiger partial charge in [0.05, 0.1) is 6.04 Å². The number of benzene rings is 1. The molecule has 1 fully saturated rings. The molecule has 1 aliphatic heterocycles. The largest absolute Gasteiger partial charge is 0.448 e. The fraction of sp³-hybridized carbons (Fsp3) is 0.333. The Balaban J connectivity index is 2.30. The first kappa shape index (κ1) is 10.7. The van der Waals surface area contributed by atoms with Gasteiger partial charge >= 0.3 is 11.9 Å². The number of cyclic esters (lactones) is 1. The maximum Gasteiger partial charge on any atom is 0.397 e. The maximum atomic E-state index is 11.4. The van der Waals surface area contributed by atoms with Crippen LogP contribution in [0.15, 0.2) is 30.3 Å². The van der Waals surface area contributed by atoms with E-state index < -0.39 is 11.9 Å². The third-order valence-corrected chi connectivity index (χ3v) is 2.91. The molecule has 0 aliphatic carbocycles. The minimum absolute atomic E-state index is 0.146. The van der Waals surface area contributed by atoms with Crippen molar-refractivity contribution in [3.8, 4) is 0 Å². The molecule has 0 N–H and O–H groups in total. The summed E-state index contributed by atoms with van der Waals surface area (Å²) in [5, 5.41) is 0. The summed E-state index contributed by atoms with van der Waals surface area (Å²) in [6.45, 7) is 1.86. The van der Waals surface area contributed by atoms with E-state index in [1.165, 1.54) is 4.90 Å². The Morgan fingerprint density at radius 1 is 1.19 bits per heavy atom. The van der Waals surface area contributed by atoms with Gasteiger partial charge in [0.25, 0.3) is 0 Å². The highest BCUT2D eigenvalue weighted by Gasteiger charge is 2.38. The van der Waals surface area contributed by atoms with Crippen molar-refractivity contribution in [3.05, 3.63) is 35.9 Å². The average Bonchev–Trinajstić information content (AvgIpc) is 2.32. The van der Waals surface area contributed by atoms with Gasteiger partial charge in [0.2, 0.25) is 0 Å². The molecule has 1 aromatic carbocycles. The number of amides is 1. The number of hydrogen-bond donors (Lipinski definition) is 0. The van der Waals surface area contributed by atoms with Crippen molar-refractivity contribution in [1.82, 2.24) is 4.90 Å². The number of esters is 1. The minimum atomic E-state index is -0.783. The van der Waals surface area contributed by atoms with Crippen LogP contribution in [0.2, 0.25) is 0 Å². The van der Waals surface area contributed by atoms with Gasteiger partial charge < -0.3 is 9.64 Å². The molecule has 0 bridgehead atoms. The third-order valence-electron chi connectivity index (χ3n) is 2.91. The molecule has 0 unspecified atom stereocenters. The van der Waals surface area contributed by atoms with Crippen LogP contribution in [0.1, 0.15) is 18.6 Å². The molecular formula is C12H13NO3. The Morgan fingerprint density at radius 2 is 1.81 bits per heavy atom. The second-order valence-electron chi connectivity index (χ2n) is 3.89. The maximum absolute atomic E-state index is 11.4. The smallest absolute Gasteiger partial charge is 0.397 e. The van der Waals surface area contributed by atoms with Crippen molar-refractivity contribution in [2.75, 3.05) is 7.05 Å². The van der Waals surface area contributed by atoms with Crippen LogP contribution >= 0.6 is 0 Å². The summed E-state index contributed by atoms with van der Waals surface area (Å²) in [6.07, 6.45) is -0.378. The summed E-state index contributed by atoms with van der Waals surface area (Å²) >= 11 is 0. The van der Waals surface area contributed by atoms with Crippen LogP contribution in [0, 0.1) is 0 Å². The third kappa shape index (κ3) is 1.66. The summed E-state index contributed by atoms with van der Waals surface area (Å²) in [7, 11) is 1.61. The van der Waals surface area contributed by atoms with Gasteiger partial charge in [0.15, 0.2) is 0 Å². The number of rotatable bonds is 1. The number of carbonyl (C=O) groups is 2. The van der Waals surface area contributed by atoms with Crippen LogP contribution in [-0.2, 0) is 14.3 Å². The Bertz CT molecular complexity index is 416. The quantitative estimate of drug-likeness (QED) is 0.525. The Labute approximate surface area is 93.8 Å². The molecule has 1 heterocycles. The van der Waals surface area contributed by atoms with Crippen LogP contribution < -0.4 is 0 Å². The van der Waals surface area contributed by atoms with Crippen molar-refractivity contribution in [1.29, 1.82) is 0 Å². The number of hydrogen-bond acceptors (Lipinski definition) is 3. The van der Waals surface area contributed by atoms with E-state index in [1.807, 2.05) is 37.3 Å². The average molecular weight is 219 g/mol. The second kappa shape index (κ2) is 3.96. The van der Waals surface area contributed by atoms with E-state index in [0.717, 1.165) is 5.56 Å². The number of likely N-dealkylation sites (N-methyl/N-ethyl adjacent to an activating group) is 1. The van der Waals surface area contributed by atoms with E-state index >= 15 is 0 Å². The standard InChI is InChI=1S/C12H13NO3/c1-8-10(9-6-4-3-5-7-9)16-12(15)11(14)13(8)2/h3-8,10H,1-2H3/t8-,10+/m0/s1. The van der Waals surface area contributed by atoms with Crippen molar-refractivity contribution in [2.24, 2.45) is 0 Å². The molecule has 0 spiro atoms. The molecule has 1 aromatic rings. The van der Waals surface area contributed by atoms with Crippen LogP contribution in [0.3, 0.4) is 0 Å². The zero-order valence-electron chi connectivity index (χ0n) is 9.21. The van der Waals surface area contributed by atoms with E-state index in [-0.39, 0.29) is 12.1 Å². The van der Waals surface area contributed by atoms with E-state index in [9.17, 15) is 9.59 Å². The van der Waals surface area contributed by atoms with E-state index in [0.29, 0.717) is 0 Å². The Kier molecular flexibility index (Phi) is 2.64. The first-order valence-corrected chi connectivity index (χ1v) is 5.14. The topological polar surface area (TPSA) is 46.6 Å². The Hall–Kier alpha value is -1.84. The molecule has 0 aromatic heterocycles. The van der Waals surface area contributed by atoms with Crippen LogP contribution in [0.25, 0.3) is 0 Å². The molecule has 2 atom stereocenters. The highest BCUT2D eigenvalue weighted by molar-refractivity contribution is 6.32. The van der Waals surface area contributed by atoms with E-state index in [2.05, 4.69) is 0 Å². The van der Waals surface area contributed by atoms with Gasteiger partial charge in [-0.2, -0.15) is 0 Å². The summed E-state index contributed by atoms with van der Waals surface area (Å²) < 4.78 is 5.14. The van der Waals surface area contributed by atoms with Crippen molar-refractivity contribution < 1.29 is 14.3 Å². The summed E-state index contributed by atoms with van der Waals surface area (Å²) in [5.41, 5.74) is 0.905. The van der Waals surface area contributed by atoms with Gasteiger partial charge in [0.1, 0.15) is 6.10 Å². The van der Waals surface area contributed by atoms with Gasteiger partial charge in [-0.1, -0.05) is 30.3 Å². The minimum Gasteiger partial charge on any atom is -0.448 e. The van der Waals surface area contributed by atoms with Gasteiger partial charge in [-0.25, -0.2) is 4.79 Å². The first-order chi connectivity index (χ1) is 7.61. The predicted molar refractivity (Wildman–Crippen MR) is 57.5 cm³/mol. The van der Waals surface area contributed by atoms with Gasteiger partial charge in [0, 0.05) is 7.05 Å². The van der Waals surface area contributed by atoms with Crippen molar-refractivity contribution >= 4 is 11.9 Å². The monoisotopic (exact) mass is 219 g/mol. The van der Waals surface area contributed by atoms with Crippen LogP contribution in [0.4, 0.5) is 0 Å². The lowest BCUT2D eigenvalue weighted by Gasteiger charge is -2.35. The molecule has 84 valence electrons. The zero-order chi connectivity index (χ0) is 11.7. The molecule has 16 heavy (non-hydrogen) atoms. The molecular weight excluding hydrogens is 206 g/mol. The molecule has 0 radical (unpaired) electrons. The van der Waals surface area contributed by atoms with Gasteiger partial charge in [-0.05, 0) is 12.5 Å².